The molecule has 1 unspecified atom stereocenters. The third kappa shape index (κ3) is 5.08. The molecule has 2 aromatic carbocycles. The standard InChI is InChI=1S/C27H29ClN2O4/c1-29-8-3-4-19(15-29)17-34-25-14-22(20-5-2-6-24(28)13-20)12-23-16-30(9-11-33-26(23)25)27(31)21-7-10-32-18-21/h2,5-7,10,12-14,18-19H,3-4,8-9,11,15-17H2,1H3. The van der Waals surface area contributed by atoms with Crippen LogP contribution in [0.1, 0.15) is 28.8 Å². The number of amides is 1. The van der Waals surface area contributed by atoms with Crippen LogP contribution in [0, 0.1) is 5.92 Å². The van der Waals surface area contributed by atoms with E-state index in [4.69, 9.17) is 25.5 Å². The van der Waals surface area contributed by atoms with Gasteiger partial charge in [0, 0.05) is 29.6 Å². The van der Waals surface area contributed by atoms with Gasteiger partial charge in [-0.2, -0.15) is 0 Å². The van der Waals surface area contributed by atoms with Crippen LogP contribution in [0.5, 0.6) is 11.5 Å². The van der Waals surface area contributed by atoms with E-state index < -0.39 is 0 Å². The molecule has 1 aromatic heterocycles. The Kier molecular flexibility index (Phi) is 6.79. The van der Waals surface area contributed by atoms with Crippen LogP contribution < -0.4 is 9.47 Å². The first-order chi connectivity index (χ1) is 16.6. The molecule has 1 fully saturated rings. The molecule has 7 heteroatoms. The van der Waals surface area contributed by atoms with Crippen molar-refractivity contribution in [2.75, 3.05) is 39.9 Å². The lowest BCUT2D eigenvalue weighted by atomic mass is 9.99. The zero-order valence-corrected chi connectivity index (χ0v) is 20.1. The highest BCUT2D eigenvalue weighted by atomic mass is 35.5. The number of carbonyl (C=O) groups excluding carboxylic acids is 1. The van der Waals surface area contributed by atoms with E-state index in [1.54, 1.807) is 11.0 Å². The maximum atomic E-state index is 13.0. The van der Waals surface area contributed by atoms with Crippen molar-refractivity contribution in [3.8, 4) is 22.6 Å². The molecule has 0 aliphatic carbocycles. The van der Waals surface area contributed by atoms with Gasteiger partial charge >= 0.3 is 0 Å². The minimum Gasteiger partial charge on any atom is -0.489 e. The van der Waals surface area contributed by atoms with Gasteiger partial charge < -0.3 is 23.7 Å². The van der Waals surface area contributed by atoms with E-state index in [0.717, 1.165) is 47.7 Å². The molecule has 0 spiro atoms. The number of fused-ring (bicyclic) bond motifs is 1. The maximum Gasteiger partial charge on any atom is 0.257 e. The SMILES string of the molecule is CN1CCCC(COc2cc(-c3cccc(Cl)c3)cc3c2OCCN(C(=O)c2ccoc2)C3)C1. The molecule has 2 aliphatic rings. The van der Waals surface area contributed by atoms with Crippen molar-refractivity contribution in [3.05, 3.63) is 71.1 Å². The highest BCUT2D eigenvalue weighted by molar-refractivity contribution is 6.30. The van der Waals surface area contributed by atoms with Gasteiger partial charge in [-0.05, 0) is 67.9 Å². The molecular formula is C27H29ClN2O4. The Bertz CT molecular complexity index is 1150. The van der Waals surface area contributed by atoms with E-state index in [9.17, 15) is 4.79 Å². The Morgan fingerprint density at radius 2 is 2.09 bits per heavy atom. The van der Waals surface area contributed by atoms with Gasteiger partial charge in [0.2, 0.25) is 0 Å². The first-order valence-corrected chi connectivity index (χ1v) is 12.1. The molecule has 2 aliphatic heterocycles. The molecule has 3 heterocycles. The molecule has 6 nitrogen and oxygen atoms in total. The average Bonchev–Trinajstić information content (AvgIpc) is 3.29. The van der Waals surface area contributed by atoms with Crippen molar-refractivity contribution in [2.24, 2.45) is 5.92 Å². The fourth-order valence-electron chi connectivity index (χ4n) is 4.78. The van der Waals surface area contributed by atoms with Gasteiger partial charge in [0.05, 0.1) is 25.0 Å². The van der Waals surface area contributed by atoms with Gasteiger partial charge in [0.1, 0.15) is 12.9 Å². The van der Waals surface area contributed by atoms with Crippen molar-refractivity contribution >= 4 is 17.5 Å². The van der Waals surface area contributed by atoms with Crippen molar-refractivity contribution < 1.29 is 18.7 Å². The molecule has 1 saturated heterocycles. The largest absolute Gasteiger partial charge is 0.489 e. The molecule has 1 atom stereocenters. The first-order valence-electron chi connectivity index (χ1n) is 11.8. The van der Waals surface area contributed by atoms with Gasteiger partial charge in [0.15, 0.2) is 11.5 Å². The molecule has 3 aromatic rings. The molecule has 1 amide bonds. The van der Waals surface area contributed by atoms with Crippen LogP contribution in [-0.4, -0.2) is 55.6 Å². The lowest BCUT2D eigenvalue weighted by Crippen LogP contribution is -2.34. The van der Waals surface area contributed by atoms with Gasteiger partial charge in [0.25, 0.3) is 5.91 Å². The Balaban J connectivity index is 1.47. The third-order valence-electron chi connectivity index (χ3n) is 6.51. The second kappa shape index (κ2) is 10.1. The monoisotopic (exact) mass is 480 g/mol. The second-order valence-corrected chi connectivity index (χ2v) is 9.58. The Hall–Kier alpha value is -2.96. The normalized spacial score (nSPS) is 18.6. The predicted octanol–water partition coefficient (Wildman–Crippen LogP) is 5.36. The van der Waals surface area contributed by atoms with Crippen LogP contribution in [0.4, 0.5) is 0 Å². The lowest BCUT2D eigenvalue weighted by molar-refractivity contribution is 0.0732. The number of halogens is 1. The van der Waals surface area contributed by atoms with Gasteiger partial charge in [-0.3, -0.25) is 4.79 Å². The van der Waals surface area contributed by atoms with Crippen LogP contribution in [0.15, 0.2) is 59.4 Å². The number of hydrogen-bond acceptors (Lipinski definition) is 5. The minimum atomic E-state index is -0.0777. The number of likely N-dealkylation sites (tertiary alicyclic amines) is 1. The maximum absolute atomic E-state index is 13.0. The quantitative estimate of drug-likeness (QED) is 0.492. The fourth-order valence-corrected chi connectivity index (χ4v) is 4.97. The van der Waals surface area contributed by atoms with Crippen LogP contribution in [0.3, 0.4) is 0 Å². The summed E-state index contributed by atoms with van der Waals surface area (Å²) in [5.41, 5.74) is 3.43. The summed E-state index contributed by atoms with van der Waals surface area (Å²) in [6.07, 6.45) is 5.34. The number of ether oxygens (including phenoxy) is 2. The topological polar surface area (TPSA) is 55.2 Å². The second-order valence-electron chi connectivity index (χ2n) is 9.14. The molecule has 5 rings (SSSR count). The summed E-state index contributed by atoms with van der Waals surface area (Å²) in [6.45, 7) is 4.12. The van der Waals surface area contributed by atoms with Gasteiger partial charge in [-0.25, -0.2) is 0 Å². The molecule has 0 N–H and O–H groups in total. The Morgan fingerprint density at radius 1 is 1.18 bits per heavy atom. The number of carbonyl (C=O) groups is 1. The van der Waals surface area contributed by atoms with E-state index in [1.807, 2.05) is 30.3 Å². The molecule has 0 saturated carbocycles. The Labute approximate surface area is 205 Å². The van der Waals surface area contributed by atoms with Crippen molar-refractivity contribution in [3.63, 3.8) is 0 Å². The van der Waals surface area contributed by atoms with Crippen LogP contribution >= 0.6 is 11.6 Å². The molecule has 34 heavy (non-hydrogen) atoms. The number of rotatable bonds is 5. The number of nitrogens with zero attached hydrogens (tertiary/aromatic N) is 2. The van der Waals surface area contributed by atoms with Crippen molar-refractivity contribution in [1.29, 1.82) is 0 Å². The van der Waals surface area contributed by atoms with E-state index in [0.29, 0.717) is 42.8 Å². The van der Waals surface area contributed by atoms with E-state index in [-0.39, 0.29) is 5.91 Å². The lowest BCUT2D eigenvalue weighted by Gasteiger charge is -2.29. The summed E-state index contributed by atoms with van der Waals surface area (Å²) < 4.78 is 17.7. The van der Waals surface area contributed by atoms with Crippen LogP contribution in [0.2, 0.25) is 5.02 Å². The number of furan rings is 1. The number of hydrogen-bond donors (Lipinski definition) is 0. The molecule has 0 bridgehead atoms. The Morgan fingerprint density at radius 3 is 2.88 bits per heavy atom. The molecule has 178 valence electrons. The summed E-state index contributed by atoms with van der Waals surface area (Å²) in [4.78, 5) is 17.2. The average molecular weight is 481 g/mol. The zero-order valence-electron chi connectivity index (χ0n) is 19.3. The highest BCUT2D eigenvalue weighted by Gasteiger charge is 2.26. The van der Waals surface area contributed by atoms with Crippen molar-refractivity contribution in [2.45, 2.75) is 19.4 Å². The summed E-state index contributed by atoms with van der Waals surface area (Å²) in [5.74, 6) is 1.84. The van der Waals surface area contributed by atoms with Crippen LogP contribution in [-0.2, 0) is 6.54 Å². The summed E-state index contributed by atoms with van der Waals surface area (Å²) in [7, 11) is 2.16. The first kappa shape index (κ1) is 22.8. The van der Waals surface area contributed by atoms with Gasteiger partial charge in [-0.1, -0.05) is 23.7 Å². The summed E-state index contributed by atoms with van der Waals surface area (Å²) in [5, 5.41) is 0.674. The highest BCUT2D eigenvalue weighted by Crippen LogP contribution is 2.39. The zero-order chi connectivity index (χ0) is 23.5. The fraction of sp³-hybridized carbons (Fsp3) is 0.370. The number of piperidine rings is 1. The summed E-state index contributed by atoms with van der Waals surface area (Å²) in [6, 6.07) is 13.6. The number of benzene rings is 2. The van der Waals surface area contributed by atoms with Crippen molar-refractivity contribution in [1.82, 2.24) is 9.80 Å². The third-order valence-corrected chi connectivity index (χ3v) is 6.75. The predicted molar refractivity (Wildman–Crippen MR) is 132 cm³/mol. The van der Waals surface area contributed by atoms with Crippen LogP contribution in [0.25, 0.3) is 11.1 Å². The van der Waals surface area contributed by atoms with E-state index in [1.165, 1.54) is 18.9 Å². The van der Waals surface area contributed by atoms with E-state index >= 15 is 0 Å². The van der Waals surface area contributed by atoms with Gasteiger partial charge in [-0.15, -0.1) is 0 Å². The smallest absolute Gasteiger partial charge is 0.257 e. The van der Waals surface area contributed by atoms with E-state index in [2.05, 4.69) is 18.0 Å². The summed E-state index contributed by atoms with van der Waals surface area (Å²) >= 11 is 6.28. The minimum absolute atomic E-state index is 0.0777. The molecule has 0 radical (unpaired) electrons. The molecular weight excluding hydrogens is 452 g/mol.